The molecule has 88 valence electrons. The van der Waals surface area contributed by atoms with Crippen LogP contribution >= 0.6 is 0 Å². The van der Waals surface area contributed by atoms with Gasteiger partial charge in [0.1, 0.15) is 0 Å². The molecule has 2 N–H and O–H groups in total. The molecule has 0 aromatic heterocycles. The van der Waals surface area contributed by atoms with Crippen molar-refractivity contribution in [2.24, 2.45) is 17.6 Å². The average Bonchev–Trinajstić information content (AvgIpc) is 2.53. The van der Waals surface area contributed by atoms with Gasteiger partial charge in [-0.3, -0.25) is 19.3 Å². The molecule has 0 bridgehead atoms. The van der Waals surface area contributed by atoms with E-state index in [-0.39, 0.29) is 36.1 Å². The third-order valence-electron chi connectivity index (χ3n) is 3.44. The maximum atomic E-state index is 11.7. The van der Waals surface area contributed by atoms with Gasteiger partial charge in [-0.25, -0.2) is 0 Å². The van der Waals surface area contributed by atoms with Crippen LogP contribution in [0.25, 0.3) is 0 Å². The van der Waals surface area contributed by atoms with E-state index < -0.39 is 0 Å². The van der Waals surface area contributed by atoms with E-state index in [1.165, 1.54) is 11.9 Å². The van der Waals surface area contributed by atoms with Gasteiger partial charge < -0.3 is 10.6 Å². The molecule has 0 aromatic rings. The zero-order valence-corrected chi connectivity index (χ0v) is 9.18. The molecule has 2 fully saturated rings. The summed E-state index contributed by atoms with van der Waals surface area (Å²) in [6.07, 6.45) is 0.561. The summed E-state index contributed by atoms with van der Waals surface area (Å²) in [5.74, 6) is -1.05. The number of hydrogen-bond donors (Lipinski definition) is 1. The Labute approximate surface area is 93.4 Å². The first-order valence-electron chi connectivity index (χ1n) is 5.35. The second-order valence-electron chi connectivity index (χ2n) is 4.28. The second-order valence-corrected chi connectivity index (χ2v) is 4.28. The number of hydrogen-bond acceptors (Lipinski definition) is 4. The van der Waals surface area contributed by atoms with Gasteiger partial charge in [-0.1, -0.05) is 0 Å². The highest BCUT2D eigenvalue weighted by Gasteiger charge is 2.48. The Hall–Kier alpha value is -1.43. The third-order valence-corrected chi connectivity index (χ3v) is 3.44. The van der Waals surface area contributed by atoms with Crippen molar-refractivity contribution in [2.75, 3.05) is 26.7 Å². The lowest BCUT2D eigenvalue weighted by molar-refractivity contribution is -0.138. The molecule has 16 heavy (non-hydrogen) atoms. The van der Waals surface area contributed by atoms with Gasteiger partial charge in [-0.2, -0.15) is 0 Å². The maximum absolute atomic E-state index is 11.7. The van der Waals surface area contributed by atoms with E-state index in [4.69, 9.17) is 5.73 Å². The maximum Gasteiger partial charge on any atom is 0.236 e. The number of imide groups is 1. The van der Waals surface area contributed by atoms with Crippen molar-refractivity contribution in [2.45, 2.75) is 6.42 Å². The predicted molar refractivity (Wildman–Crippen MR) is 55.0 cm³/mol. The number of carbonyl (C=O) groups excluding carboxylic acids is 3. The summed E-state index contributed by atoms with van der Waals surface area (Å²) < 4.78 is 0. The lowest BCUT2D eigenvalue weighted by atomic mass is 9.88. The van der Waals surface area contributed by atoms with Crippen LogP contribution in [-0.4, -0.2) is 54.2 Å². The van der Waals surface area contributed by atoms with E-state index in [1.807, 2.05) is 0 Å². The fraction of sp³-hybridized carbons (Fsp3) is 0.700. The summed E-state index contributed by atoms with van der Waals surface area (Å²) in [6.45, 7) is 0.801. The van der Waals surface area contributed by atoms with Crippen LogP contribution in [0.3, 0.4) is 0 Å². The van der Waals surface area contributed by atoms with Crippen LogP contribution in [0.1, 0.15) is 6.42 Å². The Kier molecular flexibility index (Phi) is 2.67. The molecule has 0 saturated carbocycles. The molecule has 2 saturated heterocycles. The average molecular weight is 225 g/mol. The minimum absolute atomic E-state index is 0.0463. The monoisotopic (exact) mass is 225 g/mol. The molecule has 3 amide bonds. The predicted octanol–water partition coefficient (Wildman–Crippen LogP) is -1.59. The number of carbonyl (C=O) groups is 3. The Morgan fingerprint density at radius 3 is 2.62 bits per heavy atom. The minimum atomic E-state index is -0.359. The zero-order chi connectivity index (χ0) is 11.9. The molecule has 0 unspecified atom stereocenters. The van der Waals surface area contributed by atoms with Crippen molar-refractivity contribution < 1.29 is 14.4 Å². The Bertz CT molecular complexity index is 355. The topological polar surface area (TPSA) is 83.7 Å². The van der Waals surface area contributed by atoms with Crippen molar-refractivity contribution in [3.63, 3.8) is 0 Å². The van der Waals surface area contributed by atoms with Gasteiger partial charge in [-0.05, 0) is 6.42 Å². The number of likely N-dealkylation sites (tertiary alicyclic amines) is 2. The molecule has 2 heterocycles. The molecule has 2 aliphatic heterocycles. The van der Waals surface area contributed by atoms with Crippen LogP contribution < -0.4 is 5.73 Å². The molecule has 0 spiro atoms. The molecule has 2 rings (SSSR count). The fourth-order valence-electron chi connectivity index (χ4n) is 2.46. The quantitative estimate of drug-likeness (QED) is 0.545. The first-order valence-corrected chi connectivity index (χ1v) is 5.35. The van der Waals surface area contributed by atoms with E-state index in [2.05, 4.69) is 0 Å². The second kappa shape index (κ2) is 3.86. The van der Waals surface area contributed by atoms with Gasteiger partial charge in [0, 0.05) is 20.1 Å². The summed E-state index contributed by atoms with van der Waals surface area (Å²) >= 11 is 0. The van der Waals surface area contributed by atoms with Gasteiger partial charge in [0.25, 0.3) is 0 Å². The van der Waals surface area contributed by atoms with Crippen LogP contribution in [-0.2, 0) is 14.4 Å². The molecular weight excluding hydrogens is 210 g/mol. The standard InChI is InChI=1S/C10H15N3O3/c1-12-9(15)6-2-3-13(8(14)4-11)5-7(6)10(12)16/h6-7H,2-5,11H2,1H3/t6-,7-/m0/s1. The summed E-state index contributed by atoms with van der Waals surface area (Å²) in [7, 11) is 1.50. The normalized spacial score (nSPS) is 29.6. The van der Waals surface area contributed by atoms with Crippen molar-refractivity contribution >= 4 is 17.7 Å². The van der Waals surface area contributed by atoms with Crippen LogP contribution in [0, 0.1) is 11.8 Å². The lowest BCUT2D eigenvalue weighted by Gasteiger charge is -2.32. The summed E-state index contributed by atoms with van der Waals surface area (Å²) in [6, 6.07) is 0. The van der Waals surface area contributed by atoms with Crippen molar-refractivity contribution in [3.05, 3.63) is 0 Å². The Balaban J connectivity index is 2.13. The van der Waals surface area contributed by atoms with Crippen LogP contribution in [0.4, 0.5) is 0 Å². The summed E-state index contributed by atoms with van der Waals surface area (Å²) in [5, 5.41) is 0. The van der Waals surface area contributed by atoms with Gasteiger partial charge in [-0.15, -0.1) is 0 Å². The van der Waals surface area contributed by atoms with Gasteiger partial charge >= 0.3 is 0 Å². The fourth-order valence-corrected chi connectivity index (χ4v) is 2.46. The van der Waals surface area contributed by atoms with Crippen molar-refractivity contribution in [3.8, 4) is 0 Å². The summed E-state index contributed by atoms with van der Waals surface area (Å²) in [4.78, 5) is 37.6. The molecule has 0 aromatic carbocycles. The Morgan fingerprint density at radius 2 is 2.00 bits per heavy atom. The Morgan fingerprint density at radius 1 is 1.38 bits per heavy atom. The van der Waals surface area contributed by atoms with Gasteiger partial charge in [0.2, 0.25) is 17.7 Å². The van der Waals surface area contributed by atoms with Crippen LogP contribution in [0.5, 0.6) is 0 Å². The number of fused-ring (bicyclic) bond motifs is 1. The molecule has 6 heteroatoms. The van der Waals surface area contributed by atoms with Crippen molar-refractivity contribution in [1.82, 2.24) is 9.80 Å². The SMILES string of the molecule is CN1C(=O)[C@H]2CCN(C(=O)CN)C[C@@H]2C1=O. The van der Waals surface area contributed by atoms with E-state index in [1.54, 1.807) is 4.90 Å². The van der Waals surface area contributed by atoms with E-state index in [0.29, 0.717) is 19.5 Å². The minimum Gasteiger partial charge on any atom is -0.341 e. The highest BCUT2D eigenvalue weighted by atomic mass is 16.2. The molecular formula is C10H15N3O3. The summed E-state index contributed by atoms with van der Waals surface area (Å²) in [5.41, 5.74) is 5.28. The first kappa shape index (κ1) is 11.1. The molecule has 2 aliphatic rings. The third kappa shape index (κ3) is 1.49. The molecule has 0 radical (unpaired) electrons. The smallest absolute Gasteiger partial charge is 0.236 e. The molecule has 2 atom stereocenters. The number of nitrogens with two attached hydrogens (primary N) is 1. The van der Waals surface area contributed by atoms with E-state index >= 15 is 0 Å². The van der Waals surface area contributed by atoms with Gasteiger partial charge in [0.15, 0.2) is 0 Å². The number of rotatable bonds is 1. The van der Waals surface area contributed by atoms with Crippen molar-refractivity contribution in [1.29, 1.82) is 0 Å². The number of amides is 3. The first-order chi connectivity index (χ1) is 7.56. The highest BCUT2D eigenvalue weighted by Crippen LogP contribution is 2.32. The van der Waals surface area contributed by atoms with E-state index in [9.17, 15) is 14.4 Å². The lowest BCUT2D eigenvalue weighted by Crippen LogP contribution is -2.47. The molecule has 6 nitrogen and oxygen atoms in total. The van der Waals surface area contributed by atoms with Gasteiger partial charge in [0.05, 0.1) is 18.4 Å². The van der Waals surface area contributed by atoms with Crippen LogP contribution in [0.2, 0.25) is 0 Å². The van der Waals surface area contributed by atoms with E-state index in [0.717, 1.165) is 0 Å². The number of piperidine rings is 1. The van der Waals surface area contributed by atoms with Crippen LogP contribution in [0.15, 0.2) is 0 Å². The largest absolute Gasteiger partial charge is 0.341 e. The number of nitrogens with zero attached hydrogens (tertiary/aromatic N) is 2. The zero-order valence-electron chi connectivity index (χ0n) is 9.18. The highest BCUT2D eigenvalue weighted by molar-refractivity contribution is 6.05. The molecule has 0 aliphatic carbocycles.